The summed E-state index contributed by atoms with van der Waals surface area (Å²) < 4.78 is 0. The first kappa shape index (κ1) is 21.2. The molecule has 0 fully saturated rings. The number of carbonyl (C=O) groups is 3. The van der Waals surface area contributed by atoms with E-state index in [0.717, 1.165) is 33.9 Å². The van der Waals surface area contributed by atoms with Gasteiger partial charge in [0.1, 0.15) is 0 Å². The Morgan fingerprint density at radius 3 is 2.46 bits per heavy atom. The van der Waals surface area contributed by atoms with E-state index in [2.05, 4.69) is 10.6 Å². The molecule has 0 saturated heterocycles. The Morgan fingerprint density at radius 1 is 1.04 bits per heavy atom. The molecule has 0 aliphatic rings. The van der Waals surface area contributed by atoms with Crippen LogP contribution in [-0.4, -0.2) is 28.1 Å². The summed E-state index contributed by atoms with van der Waals surface area (Å²) in [6.45, 7) is 5.76. The lowest BCUT2D eigenvalue weighted by Crippen LogP contribution is -2.22. The van der Waals surface area contributed by atoms with Crippen LogP contribution in [0.1, 0.15) is 18.1 Å². The summed E-state index contributed by atoms with van der Waals surface area (Å²) in [6.07, 6.45) is 1.72. The fourth-order valence-corrected chi connectivity index (χ4v) is 3.35. The van der Waals surface area contributed by atoms with Gasteiger partial charge in [-0.25, -0.2) is 4.79 Å². The molecular weight excluding hydrogens is 376 g/mol. The van der Waals surface area contributed by atoms with Gasteiger partial charge >= 0.3 is 5.97 Å². The molecule has 0 saturated carbocycles. The van der Waals surface area contributed by atoms with Crippen molar-refractivity contribution < 1.29 is 19.5 Å². The van der Waals surface area contributed by atoms with Crippen LogP contribution in [-0.2, 0) is 14.4 Å². The predicted molar refractivity (Wildman–Crippen MR) is 112 cm³/mol. The van der Waals surface area contributed by atoms with E-state index in [1.165, 1.54) is 11.8 Å². The molecule has 3 N–H and O–H groups in total. The summed E-state index contributed by atoms with van der Waals surface area (Å²) in [7, 11) is 0. The zero-order chi connectivity index (χ0) is 20.7. The minimum Gasteiger partial charge on any atom is -0.478 e. The highest BCUT2D eigenvalue weighted by Crippen LogP contribution is 2.27. The van der Waals surface area contributed by atoms with E-state index in [-0.39, 0.29) is 11.2 Å². The van der Waals surface area contributed by atoms with Gasteiger partial charge in [-0.2, -0.15) is 0 Å². The predicted octanol–water partition coefficient (Wildman–Crippen LogP) is 4.00. The highest BCUT2D eigenvalue weighted by molar-refractivity contribution is 8.00. The van der Waals surface area contributed by atoms with E-state index in [1.54, 1.807) is 18.2 Å². The first-order valence-electron chi connectivity index (χ1n) is 8.61. The van der Waals surface area contributed by atoms with E-state index in [4.69, 9.17) is 5.11 Å². The lowest BCUT2D eigenvalue weighted by Gasteiger charge is -2.14. The zero-order valence-electron chi connectivity index (χ0n) is 15.9. The summed E-state index contributed by atoms with van der Waals surface area (Å²) in [6, 6.07) is 12.9. The molecule has 0 aliphatic heterocycles. The minimum absolute atomic E-state index is 0.115. The number of benzene rings is 2. The number of aliphatic carboxylic acids is 1. The molecule has 0 spiro atoms. The fraction of sp³-hybridized carbons (Fsp3) is 0.190. The summed E-state index contributed by atoms with van der Waals surface area (Å²) in [4.78, 5) is 35.4. The molecule has 2 aromatic carbocycles. The molecule has 0 aromatic heterocycles. The maximum absolute atomic E-state index is 12.5. The maximum atomic E-state index is 12.5. The Labute approximate surface area is 168 Å². The third-order valence-electron chi connectivity index (χ3n) is 3.80. The van der Waals surface area contributed by atoms with Crippen LogP contribution in [0.2, 0.25) is 0 Å². The standard InChI is InChI=1S/C21H22N2O4S/c1-13-7-8-18(14(2)11-13)23-21(27)15(3)28-17-6-4-5-16(12-17)22-19(24)9-10-20(25)26/h4-12,15H,1-3H3,(H,22,24)(H,23,27)(H,25,26)/b10-9+. The van der Waals surface area contributed by atoms with Gasteiger partial charge in [0.2, 0.25) is 11.8 Å². The number of carboxylic acid groups (broad SMARTS) is 1. The summed E-state index contributed by atoms with van der Waals surface area (Å²) in [5, 5.41) is 13.7. The van der Waals surface area contributed by atoms with Gasteiger partial charge in [0, 0.05) is 28.4 Å². The SMILES string of the molecule is Cc1ccc(NC(=O)C(C)Sc2cccc(NC(=O)/C=C/C(=O)O)c2)c(C)c1. The van der Waals surface area contributed by atoms with Crippen molar-refractivity contribution in [3.8, 4) is 0 Å². The fourth-order valence-electron chi connectivity index (χ4n) is 2.42. The number of carbonyl (C=O) groups excluding carboxylic acids is 2. The van der Waals surface area contributed by atoms with Gasteiger partial charge in [0.25, 0.3) is 0 Å². The number of carboxylic acids is 1. The maximum Gasteiger partial charge on any atom is 0.328 e. The number of nitrogens with one attached hydrogen (secondary N) is 2. The molecule has 28 heavy (non-hydrogen) atoms. The molecule has 7 heteroatoms. The van der Waals surface area contributed by atoms with Gasteiger partial charge in [-0.1, -0.05) is 23.8 Å². The Balaban J connectivity index is 1.99. The van der Waals surface area contributed by atoms with Crippen LogP contribution in [0.5, 0.6) is 0 Å². The van der Waals surface area contributed by atoms with Crippen LogP contribution < -0.4 is 10.6 Å². The van der Waals surface area contributed by atoms with Crippen LogP contribution >= 0.6 is 11.8 Å². The Morgan fingerprint density at radius 2 is 1.79 bits per heavy atom. The van der Waals surface area contributed by atoms with E-state index in [0.29, 0.717) is 5.69 Å². The van der Waals surface area contributed by atoms with Crippen molar-refractivity contribution in [2.45, 2.75) is 30.9 Å². The van der Waals surface area contributed by atoms with Crippen molar-refractivity contribution in [2.24, 2.45) is 0 Å². The molecule has 1 unspecified atom stereocenters. The van der Waals surface area contributed by atoms with Crippen molar-refractivity contribution in [1.82, 2.24) is 0 Å². The molecule has 6 nitrogen and oxygen atoms in total. The summed E-state index contributed by atoms with van der Waals surface area (Å²) in [5.41, 5.74) is 3.45. The molecule has 2 rings (SSSR count). The van der Waals surface area contributed by atoms with Crippen LogP contribution in [0.4, 0.5) is 11.4 Å². The number of anilines is 2. The van der Waals surface area contributed by atoms with Crippen molar-refractivity contribution in [3.05, 3.63) is 65.7 Å². The van der Waals surface area contributed by atoms with Gasteiger partial charge in [0.15, 0.2) is 0 Å². The van der Waals surface area contributed by atoms with Gasteiger partial charge in [-0.15, -0.1) is 11.8 Å². The Bertz CT molecular complexity index is 924. The largest absolute Gasteiger partial charge is 0.478 e. The lowest BCUT2D eigenvalue weighted by molar-refractivity contribution is -0.131. The first-order chi connectivity index (χ1) is 13.2. The van der Waals surface area contributed by atoms with E-state index >= 15 is 0 Å². The average molecular weight is 398 g/mol. The third-order valence-corrected chi connectivity index (χ3v) is 4.89. The van der Waals surface area contributed by atoms with Gasteiger partial charge in [-0.05, 0) is 50.6 Å². The number of aryl methyl sites for hydroxylation is 2. The van der Waals surface area contributed by atoms with Crippen LogP contribution in [0.25, 0.3) is 0 Å². The number of rotatable bonds is 7. The number of amides is 2. The highest BCUT2D eigenvalue weighted by atomic mass is 32.2. The third kappa shape index (κ3) is 6.59. The minimum atomic E-state index is -1.19. The monoisotopic (exact) mass is 398 g/mol. The molecule has 0 aliphatic carbocycles. The quantitative estimate of drug-likeness (QED) is 0.484. The Hall–Kier alpha value is -3.06. The highest BCUT2D eigenvalue weighted by Gasteiger charge is 2.16. The second-order valence-corrected chi connectivity index (χ2v) is 7.67. The summed E-state index contributed by atoms with van der Waals surface area (Å²) in [5.74, 6) is -1.84. The van der Waals surface area contributed by atoms with Crippen molar-refractivity contribution in [3.63, 3.8) is 0 Å². The van der Waals surface area contributed by atoms with Gasteiger partial charge in [-0.3, -0.25) is 9.59 Å². The molecule has 0 radical (unpaired) electrons. The molecule has 1 atom stereocenters. The van der Waals surface area contributed by atoms with Crippen molar-refractivity contribution in [2.75, 3.05) is 10.6 Å². The van der Waals surface area contributed by atoms with Crippen LogP contribution in [0.3, 0.4) is 0 Å². The number of hydrogen-bond donors (Lipinski definition) is 3. The van der Waals surface area contributed by atoms with E-state index < -0.39 is 11.9 Å². The van der Waals surface area contributed by atoms with Crippen LogP contribution in [0, 0.1) is 13.8 Å². The normalized spacial score (nSPS) is 11.8. The second kappa shape index (κ2) is 9.75. The van der Waals surface area contributed by atoms with Crippen LogP contribution in [0.15, 0.2) is 59.5 Å². The molecule has 2 aromatic rings. The second-order valence-electron chi connectivity index (χ2n) is 6.26. The topological polar surface area (TPSA) is 95.5 Å². The van der Waals surface area contributed by atoms with Crippen molar-refractivity contribution in [1.29, 1.82) is 0 Å². The number of thioether (sulfide) groups is 1. The molecule has 2 amide bonds. The molecular formula is C21H22N2O4S. The first-order valence-corrected chi connectivity index (χ1v) is 9.49. The van der Waals surface area contributed by atoms with Gasteiger partial charge < -0.3 is 15.7 Å². The average Bonchev–Trinajstić information content (AvgIpc) is 2.62. The lowest BCUT2D eigenvalue weighted by atomic mass is 10.1. The molecule has 146 valence electrons. The number of hydrogen-bond acceptors (Lipinski definition) is 4. The molecule has 0 heterocycles. The van der Waals surface area contributed by atoms with E-state index in [1.807, 2.05) is 45.0 Å². The smallest absolute Gasteiger partial charge is 0.328 e. The van der Waals surface area contributed by atoms with E-state index in [9.17, 15) is 14.4 Å². The summed E-state index contributed by atoms with van der Waals surface area (Å²) >= 11 is 1.36. The van der Waals surface area contributed by atoms with Gasteiger partial charge in [0.05, 0.1) is 5.25 Å². The molecule has 0 bridgehead atoms. The Kier molecular flexibility index (Phi) is 7.40. The van der Waals surface area contributed by atoms with Crippen molar-refractivity contribution >= 4 is 40.9 Å². The zero-order valence-corrected chi connectivity index (χ0v) is 16.7.